The quantitative estimate of drug-likeness (QED) is 0.710. The van der Waals surface area contributed by atoms with Crippen molar-refractivity contribution in [3.8, 4) is 5.75 Å². The van der Waals surface area contributed by atoms with Crippen molar-refractivity contribution in [3.05, 3.63) is 59.7 Å². The zero-order chi connectivity index (χ0) is 22.5. The SMILES string of the molecule is COc1cccc(CN2C(=O)OC(c3ccc(NC(C)=O)cc3)C2C(=O)NC(C)C)c1. The van der Waals surface area contributed by atoms with E-state index in [0.717, 1.165) is 5.56 Å². The number of hydrogen-bond donors (Lipinski definition) is 2. The predicted molar refractivity (Wildman–Crippen MR) is 116 cm³/mol. The number of anilines is 1. The van der Waals surface area contributed by atoms with Crippen LogP contribution in [0.15, 0.2) is 48.5 Å². The largest absolute Gasteiger partial charge is 0.497 e. The normalized spacial score (nSPS) is 18.0. The van der Waals surface area contributed by atoms with Crippen LogP contribution in [0.3, 0.4) is 0 Å². The first-order valence-corrected chi connectivity index (χ1v) is 10.1. The van der Waals surface area contributed by atoms with E-state index < -0.39 is 18.2 Å². The number of rotatable bonds is 7. The third-order valence-electron chi connectivity index (χ3n) is 4.83. The maximum atomic E-state index is 13.1. The molecule has 31 heavy (non-hydrogen) atoms. The lowest BCUT2D eigenvalue weighted by atomic mass is 10.00. The molecule has 0 radical (unpaired) electrons. The van der Waals surface area contributed by atoms with Crippen LogP contribution in [0, 0.1) is 0 Å². The Bertz CT molecular complexity index is 958. The third-order valence-corrected chi connectivity index (χ3v) is 4.83. The van der Waals surface area contributed by atoms with E-state index in [9.17, 15) is 14.4 Å². The van der Waals surface area contributed by atoms with Gasteiger partial charge in [-0.05, 0) is 49.2 Å². The van der Waals surface area contributed by atoms with Gasteiger partial charge >= 0.3 is 6.09 Å². The van der Waals surface area contributed by atoms with Crippen molar-refractivity contribution in [2.45, 2.75) is 45.5 Å². The van der Waals surface area contributed by atoms with Crippen LogP contribution in [0.1, 0.15) is 38.0 Å². The van der Waals surface area contributed by atoms with Crippen molar-refractivity contribution in [2.75, 3.05) is 12.4 Å². The molecule has 1 fully saturated rings. The molecule has 8 heteroatoms. The van der Waals surface area contributed by atoms with Crippen LogP contribution in [-0.2, 0) is 20.9 Å². The minimum Gasteiger partial charge on any atom is -0.497 e. The number of carbonyl (C=O) groups excluding carboxylic acids is 3. The summed E-state index contributed by atoms with van der Waals surface area (Å²) in [7, 11) is 1.57. The molecule has 8 nitrogen and oxygen atoms in total. The van der Waals surface area contributed by atoms with Crippen molar-refractivity contribution >= 4 is 23.6 Å². The summed E-state index contributed by atoms with van der Waals surface area (Å²) < 4.78 is 10.9. The highest BCUT2D eigenvalue weighted by Gasteiger charge is 2.47. The maximum Gasteiger partial charge on any atom is 0.411 e. The lowest BCUT2D eigenvalue weighted by molar-refractivity contribution is -0.126. The molecular formula is C23H27N3O5. The Labute approximate surface area is 181 Å². The molecule has 0 aliphatic carbocycles. The molecule has 0 bridgehead atoms. The van der Waals surface area contributed by atoms with Crippen LogP contribution in [0.2, 0.25) is 0 Å². The Morgan fingerprint density at radius 1 is 1.16 bits per heavy atom. The standard InChI is InChI=1S/C23H27N3O5/c1-14(2)24-22(28)20-21(17-8-10-18(11-9-17)25-15(3)27)31-23(29)26(20)13-16-6-5-7-19(12-16)30-4/h5-12,14,20-21H,13H2,1-4H3,(H,24,28)(H,25,27). The minimum atomic E-state index is -0.840. The number of methoxy groups -OCH3 is 1. The maximum absolute atomic E-state index is 13.1. The lowest BCUT2D eigenvalue weighted by Crippen LogP contribution is -2.48. The van der Waals surface area contributed by atoms with E-state index in [0.29, 0.717) is 17.0 Å². The van der Waals surface area contributed by atoms with E-state index in [-0.39, 0.29) is 24.4 Å². The zero-order valence-electron chi connectivity index (χ0n) is 18.0. The van der Waals surface area contributed by atoms with Crippen LogP contribution in [-0.4, -0.2) is 42.0 Å². The zero-order valence-corrected chi connectivity index (χ0v) is 18.0. The fourth-order valence-electron chi connectivity index (χ4n) is 3.51. The van der Waals surface area contributed by atoms with E-state index >= 15 is 0 Å². The number of nitrogens with one attached hydrogen (secondary N) is 2. The van der Waals surface area contributed by atoms with Crippen molar-refractivity contribution in [1.82, 2.24) is 10.2 Å². The first-order valence-electron chi connectivity index (χ1n) is 10.1. The molecule has 1 aliphatic rings. The Balaban J connectivity index is 1.90. The molecule has 0 spiro atoms. The third kappa shape index (κ3) is 5.33. The van der Waals surface area contributed by atoms with Crippen molar-refractivity contribution < 1.29 is 23.9 Å². The van der Waals surface area contributed by atoms with Crippen LogP contribution in [0.25, 0.3) is 0 Å². The van der Waals surface area contributed by atoms with Gasteiger partial charge in [-0.1, -0.05) is 24.3 Å². The average molecular weight is 425 g/mol. The first kappa shape index (κ1) is 22.1. The van der Waals surface area contributed by atoms with Crippen LogP contribution in [0.4, 0.5) is 10.5 Å². The summed E-state index contributed by atoms with van der Waals surface area (Å²) in [4.78, 5) is 38.5. The molecule has 2 aromatic carbocycles. The molecule has 1 aliphatic heterocycles. The van der Waals surface area contributed by atoms with Crippen molar-refractivity contribution in [3.63, 3.8) is 0 Å². The molecular weight excluding hydrogens is 398 g/mol. The highest BCUT2D eigenvalue weighted by atomic mass is 16.6. The number of benzene rings is 2. The van der Waals surface area contributed by atoms with Crippen molar-refractivity contribution in [2.24, 2.45) is 0 Å². The fourth-order valence-corrected chi connectivity index (χ4v) is 3.51. The van der Waals surface area contributed by atoms with Gasteiger partial charge in [-0.3, -0.25) is 14.5 Å². The summed E-state index contributed by atoms with van der Waals surface area (Å²) in [5.74, 6) is 0.191. The number of cyclic esters (lactones) is 1. The highest BCUT2D eigenvalue weighted by molar-refractivity contribution is 5.90. The van der Waals surface area contributed by atoms with Gasteiger partial charge in [-0.25, -0.2) is 4.79 Å². The number of amides is 3. The van der Waals surface area contributed by atoms with Gasteiger partial charge in [-0.2, -0.15) is 0 Å². The lowest BCUT2D eigenvalue weighted by Gasteiger charge is -2.25. The monoisotopic (exact) mass is 425 g/mol. The van der Waals surface area contributed by atoms with Gasteiger partial charge in [0.15, 0.2) is 12.1 Å². The fraction of sp³-hybridized carbons (Fsp3) is 0.348. The Morgan fingerprint density at radius 2 is 1.87 bits per heavy atom. The Kier molecular flexibility index (Phi) is 6.79. The van der Waals surface area contributed by atoms with Gasteiger partial charge in [-0.15, -0.1) is 0 Å². The van der Waals surface area contributed by atoms with Gasteiger partial charge in [0.1, 0.15) is 5.75 Å². The van der Waals surface area contributed by atoms with Crippen LogP contribution < -0.4 is 15.4 Å². The molecule has 2 atom stereocenters. The van der Waals surface area contributed by atoms with E-state index in [2.05, 4.69) is 10.6 Å². The summed E-state index contributed by atoms with van der Waals surface area (Å²) in [5, 5.41) is 5.58. The smallest absolute Gasteiger partial charge is 0.411 e. The number of carbonyl (C=O) groups is 3. The Hall–Kier alpha value is -3.55. The summed E-state index contributed by atoms with van der Waals surface area (Å²) in [6.45, 7) is 5.35. The van der Waals surface area contributed by atoms with Gasteiger partial charge in [0, 0.05) is 18.7 Å². The van der Waals surface area contributed by atoms with Gasteiger partial charge < -0.3 is 20.1 Å². The summed E-state index contributed by atoms with van der Waals surface area (Å²) in [6.07, 6.45) is -1.34. The predicted octanol–water partition coefficient (Wildman–Crippen LogP) is 3.24. The molecule has 1 saturated heterocycles. The topological polar surface area (TPSA) is 97.0 Å². The first-order chi connectivity index (χ1) is 14.8. The molecule has 164 valence electrons. The van der Waals surface area contributed by atoms with Crippen LogP contribution in [0.5, 0.6) is 5.75 Å². The Morgan fingerprint density at radius 3 is 2.48 bits per heavy atom. The van der Waals surface area contributed by atoms with Gasteiger partial charge in [0.25, 0.3) is 0 Å². The molecule has 2 N–H and O–H groups in total. The minimum absolute atomic E-state index is 0.0929. The molecule has 1 heterocycles. The molecule has 0 aromatic heterocycles. The van der Waals surface area contributed by atoms with Gasteiger partial charge in [0.2, 0.25) is 11.8 Å². The number of ether oxygens (including phenoxy) is 2. The number of nitrogens with zero attached hydrogens (tertiary/aromatic N) is 1. The summed E-state index contributed by atoms with van der Waals surface area (Å²) >= 11 is 0. The molecule has 2 aromatic rings. The average Bonchev–Trinajstić information content (AvgIpc) is 3.04. The molecule has 3 rings (SSSR count). The molecule has 0 saturated carbocycles. The highest BCUT2D eigenvalue weighted by Crippen LogP contribution is 2.35. The van der Waals surface area contributed by atoms with E-state index in [4.69, 9.17) is 9.47 Å². The second-order valence-electron chi connectivity index (χ2n) is 7.70. The van der Waals surface area contributed by atoms with Gasteiger partial charge in [0.05, 0.1) is 13.7 Å². The summed E-state index contributed by atoms with van der Waals surface area (Å²) in [6, 6.07) is 13.3. The molecule has 3 amide bonds. The number of hydrogen-bond acceptors (Lipinski definition) is 5. The second-order valence-corrected chi connectivity index (χ2v) is 7.70. The van der Waals surface area contributed by atoms with E-state index in [1.807, 2.05) is 38.1 Å². The summed E-state index contributed by atoms with van der Waals surface area (Å²) in [5.41, 5.74) is 2.11. The van der Waals surface area contributed by atoms with Crippen molar-refractivity contribution in [1.29, 1.82) is 0 Å². The van der Waals surface area contributed by atoms with Crippen LogP contribution >= 0.6 is 0 Å². The van der Waals surface area contributed by atoms with E-state index in [1.54, 1.807) is 31.4 Å². The van der Waals surface area contributed by atoms with E-state index in [1.165, 1.54) is 11.8 Å². The second kappa shape index (κ2) is 9.51. The molecule has 2 unspecified atom stereocenters.